The lowest BCUT2D eigenvalue weighted by molar-refractivity contribution is -0.244. The molecule has 1 aliphatic heterocycles. The molecule has 182 valence electrons. The summed E-state index contributed by atoms with van der Waals surface area (Å²) in [5.41, 5.74) is 7.87. The van der Waals surface area contributed by atoms with E-state index in [1.165, 1.54) is 0 Å². The van der Waals surface area contributed by atoms with Gasteiger partial charge in [0.15, 0.2) is 0 Å². The lowest BCUT2D eigenvalue weighted by Gasteiger charge is -2.23. The Bertz CT molecular complexity index is 1330. The van der Waals surface area contributed by atoms with Crippen molar-refractivity contribution in [1.82, 2.24) is 24.2 Å². The molecule has 0 amide bonds. The number of hydrogen-bond donors (Lipinski definition) is 0. The number of aryl methyl sites for hydroxylation is 2. The summed E-state index contributed by atoms with van der Waals surface area (Å²) in [4.78, 5) is 12.0. The van der Waals surface area contributed by atoms with E-state index in [1.54, 1.807) is 6.20 Å². The topological polar surface area (TPSA) is 36.7 Å². The molecular weight excluding hydrogens is 451 g/mol. The highest BCUT2D eigenvalue weighted by atomic mass is 19.4. The minimum Gasteiger partial charge on any atom is -0.301 e. The lowest BCUT2D eigenvalue weighted by Crippen LogP contribution is -2.40. The van der Waals surface area contributed by atoms with Crippen LogP contribution in [0.5, 0.6) is 0 Å². The number of hydrogen-bond acceptors (Lipinski definition) is 4. The van der Waals surface area contributed by atoms with E-state index in [-0.39, 0.29) is 13.1 Å². The van der Waals surface area contributed by atoms with E-state index in [4.69, 9.17) is 4.98 Å². The molecule has 5 rings (SSSR count). The molecule has 4 aromatic rings. The third kappa shape index (κ3) is 5.09. The molecule has 3 aromatic heterocycles. The number of halogens is 3. The van der Waals surface area contributed by atoms with Crippen molar-refractivity contribution in [3.05, 3.63) is 77.9 Å². The summed E-state index contributed by atoms with van der Waals surface area (Å²) in [6.07, 6.45) is 0.0522. The van der Waals surface area contributed by atoms with Crippen LogP contribution >= 0.6 is 0 Å². The van der Waals surface area contributed by atoms with Crippen LogP contribution in [0.1, 0.15) is 23.4 Å². The normalized spacial score (nSPS) is 16.0. The van der Waals surface area contributed by atoms with Crippen LogP contribution in [-0.4, -0.2) is 56.6 Å². The Hall–Kier alpha value is -3.23. The fraction of sp³-hybridized carbons (Fsp3) is 0.333. The summed E-state index contributed by atoms with van der Waals surface area (Å²) in [5, 5.41) is 0. The predicted molar refractivity (Wildman–Crippen MR) is 131 cm³/mol. The highest BCUT2D eigenvalue weighted by molar-refractivity contribution is 5.70. The third-order valence-electron chi connectivity index (χ3n) is 6.59. The van der Waals surface area contributed by atoms with E-state index in [9.17, 15) is 13.2 Å². The second-order valence-corrected chi connectivity index (χ2v) is 9.19. The number of nitrogens with zero attached hydrogens (tertiary/aromatic N) is 5. The molecule has 0 unspecified atom stereocenters. The number of pyridine rings is 2. The predicted octanol–water partition coefficient (Wildman–Crippen LogP) is 5.71. The van der Waals surface area contributed by atoms with E-state index in [0.29, 0.717) is 31.0 Å². The van der Waals surface area contributed by atoms with Gasteiger partial charge in [0.05, 0.1) is 11.4 Å². The van der Waals surface area contributed by atoms with Crippen LogP contribution in [0, 0.1) is 13.8 Å². The molecule has 0 saturated carbocycles. The fourth-order valence-corrected chi connectivity index (χ4v) is 4.68. The van der Waals surface area contributed by atoms with Crippen LogP contribution in [-0.2, 0) is 6.54 Å². The van der Waals surface area contributed by atoms with Gasteiger partial charge in [-0.3, -0.25) is 9.88 Å². The zero-order valence-corrected chi connectivity index (χ0v) is 19.9. The molecule has 0 spiro atoms. The van der Waals surface area contributed by atoms with Crippen molar-refractivity contribution in [2.24, 2.45) is 0 Å². The van der Waals surface area contributed by atoms with E-state index < -0.39 is 6.30 Å². The SMILES string of the molecule is Cc1ccc(-c2nc3ccc(-c4ccnc(C)c4)cn3c2CN2CCCN(C(F)(F)F)CC2)cc1. The smallest absolute Gasteiger partial charge is 0.301 e. The highest BCUT2D eigenvalue weighted by Gasteiger charge is 2.37. The van der Waals surface area contributed by atoms with Crippen LogP contribution in [0.15, 0.2) is 60.9 Å². The molecule has 0 aliphatic carbocycles. The van der Waals surface area contributed by atoms with Crippen molar-refractivity contribution in [3.8, 4) is 22.4 Å². The fourth-order valence-electron chi connectivity index (χ4n) is 4.68. The van der Waals surface area contributed by atoms with Gasteiger partial charge in [-0.25, -0.2) is 9.88 Å². The summed E-state index contributed by atoms with van der Waals surface area (Å²) in [5.74, 6) is 0. The third-order valence-corrected chi connectivity index (χ3v) is 6.59. The summed E-state index contributed by atoms with van der Waals surface area (Å²) >= 11 is 0. The van der Waals surface area contributed by atoms with Crippen molar-refractivity contribution in [2.75, 3.05) is 26.2 Å². The summed E-state index contributed by atoms with van der Waals surface area (Å²) in [6.45, 7) is 5.49. The van der Waals surface area contributed by atoms with Gasteiger partial charge in [-0.2, -0.15) is 13.2 Å². The van der Waals surface area contributed by atoms with E-state index in [2.05, 4.69) is 44.7 Å². The number of alkyl halides is 3. The van der Waals surface area contributed by atoms with Crippen molar-refractivity contribution >= 4 is 5.65 Å². The second kappa shape index (κ2) is 9.43. The first-order valence-electron chi connectivity index (χ1n) is 11.8. The van der Waals surface area contributed by atoms with E-state index in [1.807, 2.05) is 38.1 Å². The zero-order chi connectivity index (χ0) is 24.6. The molecule has 1 aliphatic rings. The van der Waals surface area contributed by atoms with Gasteiger partial charge < -0.3 is 4.40 Å². The van der Waals surface area contributed by atoms with Crippen molar-refractivity contribution in [2.45, 2.75) is 33.1 Å². The van der Waals surface area contributed by atoms with E-state index in [0.717, 1.165) is 45.0 Å². The molecule has 0 bridgehead atoms. The Kier molecular flexibility index (Phi) is 6.34. The van der Waals surface area contributed by atoms with Crippen LogP contribution in [0.2, 0.25) is 0 Å². The van der Waals surface area contributed by atoms with Crippen molar-refractivity contribution < 1.29 is 13.2 Å². The number of imidazole rings is 1. The molecule has 0 radical (unpaired) electrons. The van der Waals surface area contributed by atoms with Crippen LogP contribution < -0.4 is 0 Å². The van der Waals surface area contributed by atoms with Gasteiger partial charge in [-0.1, -0.05) is 29.8 Å². The van der Waals surface area contributed by atoms with Gasteiger partial charge >= 0.3 is 6.30 Å². The molecule has 35 heavy (non-hydrogen) atoms. The molecule has 5 nitrogen and oxygen atoms in total. The number of fused-ring (bicyclic) bond motifs is 1. The second-order valence-electron chi connectivity index (χ2n) is 9.19. The van der Waals surface area contributed by atoms with Crippen molar-refractivity contribution in [3.63, 3.8) is 0 Å². The molecule has 1 fully saturated rings. The van der Waals surface area contributed by atoms with E-state index >= 15 is 0 Å². The molecule has 0 atom stereocenters. The van der Waals surface area contributed by atoms with Crippen molar-refractivity contribution in [1.29, 1.82) is 0 Å². The first-order valence-corrected chi connectivity index (χ1v) is 11.8. The molecule has 4 heterocycles. The van der Waals surface area contributed by atoms with Gasteiger partial charge in [-0.15, -0.1) is 0 Å². The molecule has 1 aromatic carbocycles. The maximum Gasteiger partial charge on any atom is 0.459 e. The Morgan fingerprint density at radius 2 is 1.63 bits per heavy atom. The van der Waals surface area contributed by atoms with Crippen LogP contribution in [0.4, 0.5) is 13.2 Å². The van der Waals surface area contributed by atoms with Crippen LogP contribution in [0.3, 0.4) is 0 Å². The Morgan fingerprint density at radius 3 is 2.37 bits per heavy atom. The summed E-state index contributed by atoms with van der Waals surface area (Å²) in [6, 6.07) is 16.3. The van der Waals surface area contributed by atoms with Crippen LogP contribution in [0.25, 0.3) is 28.0 Å². The average Bonchev–Trinajstić information content (AvgIpc) is 2.99. The first-order chi connectivity index (χ1) is 16.8. The zero-order valence-electron chi connectivity index (χ0n) is 19.9. The van der Waals surface area contributed by atoms with Gasteiger partial charge in [0.1, 0.15) is 5.65 Å². The minimum absolute atomic E-state index is 0.0261. The summed E-state index contributed by atoms with van der Waals surface area (Å²) in [7, 11) is 0. The number of benzene rings is 1. The molecular formula is C27H28F3N5. The largest absolute Gasteiger partial charge is 0.459 e. The maximum atomic E-state index is 13.3. The molecule has 0 N–H and O–H groups in total. The Balaban J connectivity index is 1.55. The van der Waals surface area contributed by atoms with Gasteiger partial charge in [-0.05, 0) is 62.2 Å². The lowest BCUT2D eigenvalue weighted by atomic mass is 10.1. The van der Waals surface area contributed by atoms with Gasteiger partial charge in [0, 0.05) is 49.8 Å². The number of aromatic nitrogens is 3. The molecule has 8 heteroatoms. The number of rotatable bonds is 4. The minimum atomic E-state index is -4.29. The van der Waals surface area contributed by atoms with Gasteiger partial charge in [0.25, 0.3) is 0 Å². The average molecular weight is 480 g/mol. The highest BCUT2D eigenvalue weighted by Crippen LogP contribution is 2.30. The standard InChI is InChI=1S/C27H28F3N5/c1-19-4-6-21(7-5-19)26-24(18-33-12-3-13-34(15-14-33)27(28,29)30)35-17-23(8-9-25(35)32-26)22-10-11-31-20(2)16-22/h4-11,16-17H,3,12-15,18H2,1-2H3. The quantitative estimate of drug-likeness (QED) is 0.352. The molecule has 1 saturated heterocycles. The Labute approximate surface area is 202 Å². The maximum absolute atomic E-state index is 13.3. The first kappa shape index (κ1) is 23.5. The van der Waals surface area contributed by atoms with Gasteiger partial charge in [0.2, 0.25) is 0 Å². The Morgan fingerprint density at radius 1 is 0.857 bits per heavy atom. The monoisotopic (exact) mass is 479 g/mol. The summed E-state index contributed by atoms with van der Waals surface area (Å²) < 4.78 is 41.9.